The highest BCUT2D eigenvalue weighted by atomic mass is 16.4. The highest BCUT2D eigenvalue weighted by molar-refractivity contribution is 5.83. The Morgan fingerprint density at radius 2 is 2.21 bits per heavy atom. The summed E-state index contributed by atoms with van der Waals surface area (Å²) in [6.07, 6.45) is 2.59. The van der Waals surface area contributed by atoms with Crippen LogP contribution >= 0.6 is 0 Å². The van der Waals surface area contributed by atoms with Gasteiger partial charge in [-0.1, -0.05) is 6.92 Å². The molecule has 0 aromatic rings. The monoisotopic (exact) mass is 270 g/mol. The minimum atomic E-state index is -0.783. The number of carboxylic acids is 1. The summed E-state index contributed by atoms with van der Waals surface area (Å²) in [6, 6.07) is 0. The molecule has 6 nitrogen and oxygen atoms in total. The van der Waals surface area contributed by atoms with Crippen LogP contribution < -0.4 is 10.6 Å². The van der Waals surface area contributed by atoms with E-state index in [1.54, 1.807) is 0 Å². The van der Waals surface area contributed by atoms with Gasteiger partial charge in [0.25, 0.3) is 0 Å². The lowest BCUT2D eigenvalue weighted by atomic mass is 9.98. The average molecular weight is 270 g/mol. The van der Waals surface area contributed by atoms with Crippen molar-refractivity contribution in [3.05, 3.63) is 0 Å². The smallest absolute Gasteiger partial charge is 0.303 e. The number of rotatable bonds is 7. The number of hydrogen-bond donors (Lipinski definition) is 3. The van der Waals surface area contributed by atoms with Crippen LogP contribution in [0.3, 0.4) is 0 Å². The molecule has 1 saturated heterocycles. The van der Waals surface area contributed by atoms with E-state index in [0.29, 0.717) is 32.4 Å². The van der Waals surface area contributed by atoms with Crippen molar-refractivity contribution in [2.45, 2.75) is 39.0 Å². The van der Waals surface area contributed by atoms with E-state index in [-0.39, 0.29) is 30.1 Å². The number of piperidine rings is 1. The Bertz CT molecular complexity index is 334. The molecule has 0 aromatic heterocycles. The standard InChI is InChI=1S/C13H22N2O4/c1-9(2-5-12(17)18)6-7-14-13(19)10-3-4-11(16)15-8-10/h9-10H,2-8H2,1H3,(H,14,19)(H,15,16)(H,17,18). The van der Waals surface area contributed by atoms with Gasteiger partial charge in [0.05, 0.1) is 5.92 Å². The Labute approximate surface area is 112 Å². The molecule has 6 heteroatoms. The average Bonchev–Trinajstić information content (AvgIpc) is 2.37. The maximum absolute atomic E-state index is 11.8. The number of carbonyl (C=O) groups is 3. The lowest BCUT2D eigenvalue weighted by molar-refractivity contribution is -0.137. The Morgan fingerprint density at radius 1 is 1.47 bits per heavy atom. The molecule has 0 aliphatic carbocycles. The summed E-state index contributed by atoms with van der Waals surface area (Å²) in [7, 11) is 0. The largest absolute Gasteiger partial charge is 0.481 e. The Kier molecular flexibility index (Phi) is 6.32. The molecule has 0 spiro atoms. The predicted molar refractivity (Wildman–Crippen MR) is 69.4 cm³/mol. The highest BCUT2D eigenvalue weighted by Crippen LogP contribution is 2.12. The van der Waals surface area contributed by atoms with E-state index < -0.39 is 5.97 Å². The molecule has 1 heterocycles. The third-order valence-electron chi connectivity index (χ3n) is 3.42. The van der Waals surface area contributed by atoms with Crippen molar-refractivity contribution in [1.82, 2.24) is 10.6 Å². The maximum Gasteiger partial charge on any atom is 0.303 e. The second-order valence-corrected chi connectivity index (χ2v) is 5.16. The Balaban J connectivity index is 2.13. The van der Waals surface area contributed by atoms with E-state index in [9.17, 15) is 14.4 Å². The molecule has 108 valence electrons. The zero-order valence-electron chi connectivity index (χ0n) is 11.3. The topological polar surface area (TPSA) is 95.5 Å². The van der Waals surface area contributed by atoms with Crippen LogP contribution in [-0.2, 0) is 14.4 Å². The Hall–Kier alpha value is -1.59. The first-order valence-electron chi connectivity index (χ1n) is 6.75. The summed E-state index contributed by atoms with van der Waals surface area (Å²) >= 11 is 0. The van der Waals surface area contributed by atoms with Gasteiger partial charge in [0.2, 0.25) is 11.8 Å². The van der Waals surface area contributed by atoms with Gasteiger partial charge in [0, 0.05) is 25.9 Å². The lowest BCUT2D eigenvalue weighted by Gasteiger charge is -2.22. The first-order chi connectivity index (χ1) is 8.99. The van der Waals surface area contributed by atoms with Crippen molar-refractivity contribution in [3.8, 4) is 0 Å². The molecular formula is C13H22N2O4. The Morgan fingerprint density at radius 3 is 2.79 bits per heavy atom. The summed E-state index contributed by atoms with van der Waals surface area (Å²) in [5.41, 5.74) is 0. The lowest BCUT2D eigenvalue weighted by Crippen LogP contribution is -2.43. The van der Waals surface area contributed by atoms with Crippen molar-refractivity contribution in [2.24, 2.45) is 11.8 Å². The van der Waals surface area contributed by atoms with Crippen molar-refractivity contribution in [1.29, 1.82) is 0 Å². The molecule has 2 amide bonds. The number of amides is 2. The number of nitrogens with one attached hydrogen (secondary N) is 2. The number of aliphatic carboxylic acids is 1. The summed E-state index contributed by atoms with van der Waals surface area (Å²) in [6.45, 7) is 2.96. The van der Waals surface area contributed by atoms with Crippen molar-refractivity contribution < 1.29 is 19.5 Å². The second-order valence-electron chi connectivity index (χ2n) is 5.16. The molecule has 3 N–H and O–H groups in total. The van der Waals surface area contributed by atoms with Gasteiger partial charge in [-0.05, 0) is 25.2 Å². The maximum atomic E-state index is 11.8. The fraction of sp³-hybridized carbons (Fsp3) is 0.769. The normalized spacial score (nSPS) is 20.5. The van der Waals surface area contributed by atoms with E-state index in [1.807, 2.05) is 6.92 Å². The number of hydrogen-bond acceptors (Lipinski definition) is 3. The zero-order chi connectivity index (χ0) is 14.3. The van der Waals surface area contributed by atoms with Crippen molar-refractivity contribution in [2.75, 3.05) is 13.1 Å². The second kappa shape index (κ2) is 7.76. The third-order valence-corrected chi connectivity index (χ3v) is 3.42. The molecule has 2 atom stereocenters. The minimum absolute atomic E-state index is 0.00587. The van der Waals surface area contributed by atoms with Gasteiger partial charge in [-0.2, -0.15) is 0 Å². The molecule has 0 saturated carbocycles. The van der Waals surface area contributed by atoms with Crippen LogP contribution in [0.15, 0.2) is 0 Å². The highest BCUT2D eigenvalue weighted by Gasteiger charge is 2.23. The first kappa shape index (κ1) is 15.5. The molecule has 0 aromatic carbocycles. The summed E-state index contributed by atoms with van der Waals surface area (Å²) in [5.74, 6) is -0.653. The number of carboxylic acid groups (broad SMARTS) is 1. The van der Waals surface area contributed by atoms with Crippen LogP contribution in [0.2, 0.25) is 0 Å². The molecule has 0 radical (unpaired) electrons. The third kappa shape index (κ3) is 6.22. The van der Waals surface area contributed by atoms with E-state index in [1.165, 1.54) is 0 Å². The van der Waals surface area contributed by atoms with Gasteiger partial charge in [-0.3, -0.25) is 14.4 Å². The molecule has 19 heavy (non-hydrogen) atoms. The molecule has 2 unspecified atom stereocenters. The molecule has 1 fully saturated rings. The van der Waals surface area contributed by atoms with Gasteiger partial charge in [-0.25, -0.2) is 0 Å². The van der Waals surface area contributed by atoms with Gasteiger partial charge >= 0.3 is 5.97 Å². The van der Waals surface area contributed by atoms with Gasteiger partial charge in [-0.15, -0.1) is 0 Å². The zero-order valence-corrected chi connectivity index (χ0v) is 11.3. The SMILES string of the molecule is CC(CCNC(=O)C1CCC(=O)NC1)CCC(=O)O. The first-order valence-corrected chi connectivity index (χ1v) is 6.75. The van der Waals surface area contributed by atoms with Crippen LogP contribution in [0.25, 0.3) is 0 Å². The van der Waals surface area contributed by atoms with Crippen LogP contribution in [0.1, 0.15) is 39.0 Å². The molecule has 1 aliphatic rings. The van der Waals surface area contributed by atoms with Crippen LogP contribution in [0, 0.1) is 11.8 Å². The summed E-state index contributed by atoms with van der Waals surface area (Å²) in [5, 5.41) is 14.1. The molecular weight excluding hydrogens is 248 g/mol. The van der Waals surface area contributed by atoms with Crippen molar-refractivity contribution >= 4 is 17.8 Å². The molecule has 1 rings (SSSR count). The molecule has 0 bridgehead atoms. The van der Waals surface area contributed by atoms with Crippen LogP contribution in [-0.4, -0.2) is 36.0 Å². The van der Waals surface area contributed by atoms with Gasteiger partial charge < -0.3 is 15.7 Å². The summed E-state index contributed by atoms with van der Waals surface area (Å²) in [4.78, 5) is 33.2. The van der Waals surface area contributed by atoms with Gasteiger partial charge in [0.1, 0.15) is 0 Å². The van der Waals surface area contributed by atoms with E-state index in [4.69, 9.17) is 5.11 Å². The van der Waals surface area contributed by atoms with Crippen LogP contribution in [0.4, 0.5) is 0 Å². The van der Waals surface area contributed by atoms with E-state index in [2.05, 4.69) is 10.6 Å². The minimum Gasteiger partial charge on any atom is -0.481 e. The molecule has 1 aliphatic heterocycles. The predicted octanol–water partition coefficient (Wildman–Crippen LogP) is 0.520. The quantitative estimate of drug-likeness (QED) is 0.628. The van der Waals surface area contributed by atoms with Crippen LogP contribution in [0.5, 0.6) is 0 Å². The van der Waals surface area contributed by atoms with E-state index >= 15 is 0 Å². The fourth-order valence-corrected chi connectivity index (χ4v) is 2.06. The fourth-order valence-electron chi connectivity index (χ4n) is 2.06. The van der Waals surface area contributed by atoms with Crippen molar-refractivity contribution in [3.63, 3.8) is 0 Å². The number of carbonyl (C=O) groups excluding carboxylic acids is 2. The van der Waals surface area contributed by atoms with E-state index in [0.717, 1.165) is 6.42 Å². The summed E-state index contributed by atoms with van der Waals surface area (Å²) < 4.78 is 0. The van der Waals surface area contributed by atoms with Gasteiger partial charge in [0.15, 0.2) is 0 Å².